The van der Waals surface area contributed by atoms with Crippen LogP contribution in [0, 0.1) is 5.92 Å². The Balaban J connectivity index is 1.29. The first-order valence-corrected chi connectivity index (χ1v) is 10.3. The Morgan fingerprint density at radius 3 is 2.64 bits per heavy atom. The van der Waals surface area contributed by atoms with Crippen molar-refractivity contribution in [1.29, 1.82) is 0 Å². The van der Waals surface area contributed by atoms with Gasteiger partial charge in [0.2, 0.25) is 0 Å². The number of carbonyl (C=O) groups is 2. The summed E-state index contributed by atoms with van der Waals surface area (Å²) in [5.41, 5.74) is 3.10. The van der Waals surface area contributed by atoms with Crippen molar-refractivity contribution in [1.82, 2.24) is 9.80 Å². The zero-order valence-corrected chi connectivity index (χ0v) is 16.6. The maximum absolute atomic E-state index is 12.5. The molecule has 146 valence electrons. The third-order valence-corrected chi connectivity index (χ3v) is 6.22. The summed E-state index contributed by atoms with van der Waals surface area (Å²) in [5, 5.41) is 0.598. The molecule has 2 aromatic rings. The zero-order chi connectivity index (χ0) is 19.5. The van der Waals surface area contributed by atoms with E-state index in [1.165, 1.54) is 5.56 Å². The predicted octanol–water partition coefficient (Wildman–Crippen LogP) is 3.99. The smallest absolute Gasteiger partial charge is 0.176 e. The third kappa shape index (κ3) is 4.19. The first kappa shape index (κ1) is 19.3. The van der Waals surface area contributed by atoms with Gasteiger partial charge in [-0.25, -0.2) is 0 Å². The molecule has 0 saturated carbocycles. The van der Waals surface area contributed by atoms with Crippen LogP contribution >= 0.6 is 11.6 Å². The van der Waals surface area contributed by atoms with Gasteiger partial charge in [-0.05, 0) is 55.1 Å². The van der Waals surface area contributed by atoms with Gasteiger partial charge in [0, 0.05) is 23.7 Å². The molecule has 0 aliphatic carbocycles. The van der Waals surface area contributed by atoms with Crippen molar-refractivity contribution in [2.75, 3.05) is 26.2 Å². The van der Waals surface area contributed by atoms with Crippen molar-refractivity contribution in [2.24, 2.45) is 5.92 Å². The lowest BCUT2D eigenvalue weighted by molar-refractivity contribution is -0.112. The number of likely N-dealkylation sites (tertiary alicyclic amines) is 1. The van der Waals surface area contributed by atoms with Gasteiger partial charge in [-0.1, -0.05) is 48.0 Å². The number of piperidine rings is 1. The molecule has 1 unspecified atom stereocenters. The minimum absolute atomic E-state index is 0.112. The summed E-state index contributed by atoms with van der Waals surface area (Å²) in [7, 11) is 0. The SMILES string of the molecule is O=CC1c2ccccc2CN1CC1CCN(CC(=O)c2cccc(Cl)c2)CC1. The van der Waals surface area contributed by atoms with Crippen LogP contribution in [0.1, 0.15) is 40.4 Å². The summed E-state index contributed by atoms with van der Waals surface area (Å²) in [6.07, 6.45) is 3.19. The molecule has 0 bridgehead atoms. The Kier molecular flexibility index (Phi) is 5.90. The largest absolute Gasteiger partial charge is 0.301 e. The van der Waals surface area contributed by atoms with E-state index in [0.717, 1.165) is 50.9 Å². The first-order valence-electron chi connectivity index (χ1n) is 9.92. The molecular weight excluding hydrogens is 372 g/mol. The highest BCUT2D eigenvalue weighted by atomic mass is 35.5. The summed E-state index contributed by atoms with van der Waals surface area (Å²) in [4.78, 5) is 28.7. The van der Waals surface area contributed by atoms with Crippen LogP contribution in [0.15, 0.2) is 48.5 Å². The molecule has 0 amide bonds. The molecule has 2 heterocycles. The van der Waals surface area contributed by atoms with E-state index in [1.807, 2.05) is 24.3 Å². The highest BCUT2D eigenvalue weighted by Crippen LogP contribution is 2.34. The molecule has 5 heteroatoms. The molecule has 2 aliphatic rings. The van der Waals surface area contributed by atoms with Crippen LogP contribution in [0.2, 0.25) is 5.02 Å². The average Bonchev–Trinajstić information content (AvgIpc) is 3.06. The van der Waals surface area contributed by atoms with E-state index in [0.29, 0.717) is 23.0 Å². The van der Waals surface area contributed by atoms with Crippen LogP contribution in [-0.4, -0.2) is 48.0 Å². The second-order valence-electron chi connectivity index (χ2n) is 7.86. The molecule has 4 rings (SSSR count). The summed E-state index contributed by atoms with van der Waals surface area (Å²) in [5.74, 6) is 0.686. The maximum atomic E-state index is 12.5. The molecule has 0 radical (unpaired) electrons. The van der Waals surface area contributed by atoms with Crippen molar-refractivity contribution in [3.63, 3.8) is 0 Å². The van der Waals surface area contributed by atoms with Gasteiger partial charge in [0.05, 0.1) is 12.6 Å². The van der Waals surface area contributed by atoms with E-state index in [4.69, 9.17) is 11.6 Å². The van der Waals surface area contributed by atoms with E-state index >= 15 is 0 Å². The van der Waals surface area contributed by atoms with E-state index in [2.05, 4.69) is 21.9 Å². The fourth-order valence-electron chi connectivity index (χ4n) is 4.43. The van der Waals surface area contributed by atoms with Gasteiger partial charge in [-0.2, -0.15) is 0 Å². The van der Waals surface area contributed by atoms with E-state index in [9.17, 15) is 9.59 Å². The number of nitrogens with zero attached hydrogens (tertiary/aromatic N) is 2. The van der Waals surface area contributed by atoms with Crippen LogP contribution in [0.25, 0.3) is 0 Å². The molecule has 4 nitrogen and oxygen atoms in total. The Morgan fingerprint density at radius 1 is 1.11 bits per heavy atom. The zero-order valence-electron chi connectivity index (χ0n) is 15.9. The molecule has 2 aliphatic heterocycles. The Bertz CT molecular complexity index is 861. The van der Waals surface area contributed by atoms with Crippen molar-refractivity contribution < 1.29 is 9.59 Å². The van der Waals surface area contributed by atoms with Gasteiger partial charge in [0.25, 0.3) is 0 Å². The molecule has 1 fully saturated rings. The number of fused-ring (bicyclic) bond motifs is 1. The number of halogens is 1. The van der Waals surface area contributed by atoms with E-state index in [-0.39, 0.29) is 11.8 Å². The van der Waals surface area contributed by atoms with Gasteiger partial charge in [0.15, 0.2) is 5.78 Å². The summed E-state index contributed by atoms with van der Waals surface area (Å²) >= 11 is 5.99. The first-order chi connectivity index (χ1) is 13.6. The van der Waals surface area contributed by atoms with Crippen LogP contribution in [0.4, 0.5) is 0 Å². The van der Waals surface area contributed by atoms with E-state index in [1.54, 1.807) is 12.1 Å². The highest BCUT2D eigenvalue weighted by molar-refractivity contribution is 6.31. The minimum atomic E-state index is -0.112. The van der Waals surface area contributed by atoms with Crippen molar-refractivity contribution in [3.8, 4) is 0 Å². The van der Waals surface area contributed by atoms with Crippen LogP contribution in [0.5, 0.6) is 0 Å². The van der Waals surface area contributed by atoms with Crippen LogP contribution < -0.4 is 0 Å². The van der Waals surface area contributed by atoms with Crippen molar-refractivity contribution in [2.45, 2.75) is 25.4 Å². The molecule has 0 spiro atoms. The number of rotatable bonds is 6. The number of benzene rings is 2. The molecule has 0 aromatic heterocycles. The quantitative estimate of drug-likeness (QED) is 0.546. The number of hydrogen-bond donors (Lipinski definition) is 0. The summed E-state index contributed by atoms with van der Waals surface area (Å²) < 4.78 is 0. The lowest BCUT2D eigenvalue weighted by atomic mass is 9.95. The monoisotopic (exact) mass is 396 g/mol. The van der Waals surface area contributed by atoms with Gasteiger partial charge in [-0.15, -0.1) is 0 Å². The van der Waals surface area contributed by atoms with Crippen molar-refractivity contribution in [3.05, 3.63) is 70.2 Å². The standard InChI is InChI=1S/C23H25ClN2O2/c24-20-6-3-5-18(12-20)23(28)15-25-10-8-17(9-11-25)13-26-14-19-4-1-2-7-21(19)22(26)16-27/h1-7,12,16-17,22H,8-11,13-15H2. The van der Waals surface area contributed by atoms with Gasteiger partial charge in [0.1, 0.15) is 6.29 Å². The lowest BCUT2D eigenvalue weighted by Crippen LogP contribution is -2.40. The average molecular weight is 397 g/mol. The summed E-state index contributed by atoms with van der Waals surface area (Å²) in [6.45, 7) is 4.08. The fraction of sp³-hybridized carbons (Fsp3) is 0.391. The third-order valence-electron chi connectivity index (χ3n) is 5.98. The summed E-state index contributed by atoms with van der Waals surface area (Å²) in [6, 6.07) is 15.3. The molecule has 2 aromatic carbocycles. The van der Waals surface area contributed by atoms with Crippen LogP contribution in [-0.2, 0) is 11.3 Å². The number of Topliss-reactive ketones (excluding diaryl/α,β-unsaturated/α-hetero) is 1. The normalized spacial score (nSPS) is 20.8. The molecule has 1 saturated heterocycles. The van der Waals surface area contributed by atoms with Crippen molar-refractivity contribution >= 4 is 23.7 Å². The number of ketones is 1. The predicted molar refractivity (Wildman–Crippen MR) is 111 cm³/mol. The molecule has 1 atom stereocenters. The minimum Gasteiger partial charge on any atom is -0.301 e. The second kappa shape index (κ2) is 8.56. The highest BCUT2D eigenvalue weighted by Gasteiger charge is 2.32. The van der Waals surface area contributed by atoms with Gasteiger partial charge < -0.3 is 4.79 Å². The number of aldehydes is 1. The fourth-order valence-corrected chi connectivity index (χ4v) is 4.62. The maximum Gasteiger partial charge on any atom is 0.176 e. The Labute approximate surface area is 171 Å². The molecular formula is C23H25ClN2O2. The Hall–Kier alpha value is -2.01. The molecule has 0 N–H and O–H groups in total. The number of hydrogen-bond acceptors (Lipinski definition) is 4. The van der Waals surface area contributed by atoms with E-state index < -0.39 is 0 Å². The lowest BCUT2D eigenvalue weighted by Gasteiger charge is -2.34. The van der Waals surface area contributed by atoms with Crippen LogP contribution in [0.3, 0.4) is 0 Å². The topological polar surface area (TPSA) is 40.6 Å². The second-order valence-corrected chi connectivity index (χ2v) is 8.30. The van der Waals surface area contributed by atoms with Gasteiger partial charge in [-0.3, -0.25) is 14.6 Å². The molecule has 28 heavy (non-hydrogen) atoms. The van der Waals surface area contributed by atoms with Gasteiger partial charge >= 0.3 is 0 Å². The Morgan fingerprint density at radius 2 is 1.89 bits per heavy atom. The number of carbonyl (C=O) groups excluding carboxylic acids is 2.